The van der Waals surface area contributed by atoms with E-state index in [9.17, 15) is 4.39 Å². The Morgan fingerprint density at radius 1 is 1.43 bits per heavy atom. The van der Waals surface area contributed by atoms with E-state index >= 15 is 0 Å². The van der Waals surface area contributed by atoms with Gasteiger partial charge in [0.25, 0.3) is 0 Å². The summed E-state index contributed by atoms with van der Waals surface area (Å²) >= 11 is 0. The Morgan fingerprint density at radius 3 is 2.90 bits per heavy atom. The van der Waals surface area contributed by atoms with Gasteiger partial charge in [0.15, 0.2) is 5.84 Å². The molecule has 5 nitrogen and oxygen atoms in total. The number of hydrogen-bond acceptors (Lipinski definition) is 4. The number of nitrogens with zero attached hydrogens (tertiary/aromatic N) is 1. The Balaban J connectivity index is 2.00. The Bertz CT molecular complexity index is 611. The quantitative estimate of drug-likeness (QED) is 0.330. The lowest BCUT2D eigenvalue weighted by molar-refractivity contribution is 0.318. The molecule has 0 aliphatic rings. The van der Waals surface area contributed by atoms with Gasteiger partial charge in [-0.15, -0.1) is 0 Å². The van der Waals surface area contributed by atoms with E-state index in [1.54, 1.807) is 18.4 Å². The van der Waals surface area contributed by atoms with Crippen LogP contribution in [-0.2, 0) is 13.0 Å². The minimum atomic E-state index is -0.481. The minimum Gasteiger partial charge on any atom is -0.469 e. The van der Waals surface area contributed by atoms with Crippen molar-refractivity contribution in [2.24, 2.45) is 10.9 Å². The monoisotopic (exact) mass is 291 g/mol. The van der Waals surface area contributed by atoms with Gasteiger partial charge in [-0.05, 0) is 25.1 Å². The maximum Gasteiger partial charge on any atom is 0.173 e. The number of benzene rings is 1. The van der Waals surface area contributed by atoms with Gasteiger partial charge in [-0.25, -0.2) is 4.39 Å². The van der Waals surface area contributed by atoms with Crippen molar-refractivity contribution in [3.05, 3.63) is 59.3 Å². The molecule has 21 heavy (non-hydrogen) atoms. The van der Waals surface area contributed by atoms with Crippen LogP contribution in [0.5, 0.6) is 0 Å². The number of rotatable bonds is 6. The normalized spacial score (nSPS) is 13.3. The SMILES string of the molecule is CC(Cc1ccco1)NCc1cccc(/C(N)=N/O)c1F. The van der Waals surface area contributed by atoms with E-state index < -0.39 is 5.82 Å². The van der Waals surface area contributed by atoms with E-state index in [0.29, 0.717) is 18.5 Å². The van der Waals surface area contributed by atoms with Crippen LogP contribution in [0.15, 0.2) is 46.2 Å². The van der Waals surface area contributed by atoms with Gasteiger partial charge in [0.1, 0.15) is 11.6 Å². The van der Waals surface area contributed by atoms with E-state index in [1.165, 1.54) is 6.07 Å². The molecule has 0 fully saturated rings. The van der Waals surface area contributed by atoms with Gasteiger partial charge in [0, 0.05) is 24.6 Å². The van der Waals surface area contributed by atoms with Crippen LogP contribution in [0.1, 0.15) is 23.8 Å². The first-order chi connectivity index (χ1) is 10.1. The number of furan rings is 1. The first-order valence-corrected chi connectivity index (χ1v) is 6.63. The lowest BCUT2D eigenvalue weighted by atomic mass is 10.1. The fraction of sp³-hybridized carbons (Fsp3) is 0.267. The van der Waals surface area contributed by atoms with Crippen molar-refractivity contribution in [1.82, 2.24) is 5.32 Å². The van der Waals surface area contributed by atoms with E-state index in [0.717, 1.165) is 5.76 Å². The zero-order valence-electron chi connectivity index (χ0n) is 11.7. The summed E-state index contributed by atoms with van der Waals surface area (Å²) in [5.41, 5.74) is 5.99. The summed E-state index contributed by atoms with van der Waals surface area (Å²) in [6.45, 7) is 2.34. The molecule has 0 saturated carbocycles. The molecule has 0 amide bonds. The topological polar surface area (TPSA) is 83.8 Å². The molecular formula is C15H18FN3O2. The van der Waals surface area contributed by atoms with Crippen LogP contribution in [0.3, 0.4) is 0 Å². The number of amidine groups is 1. The van der Waals surface area contributed by atoms with Crippen molar-refractivity contribution in [2.75, 3.05) is 0 Å². The summed E-state index contributed by atoms with van der Waals surface area (Å²) in [5.74, 6) is 0.157. The molecule has 4 N–H and O–H groups in total. The van der Waals surface area contributed by atoms with Crippen LogP contribution in [0, 0.1) is 5.82 Å². The lowest BCUT2D eigenvalue weighted by Gasteiger charge is -2.14. The predicted molar refractivity (Wildman–Crippen MR) is 77.6 cm³/mol. The highest BCUT2D eigenvalue weighted by Gasteiger charge is 2.12. The van der Waals surface area contributed by atoms with Gasteiger partial charge >= 0.3 is 0 Å². The Hall–Kier alpha value is -2.34. The Morgan fingerprint density at radius 2 is 2.24 bits per heavy atom. The summed E-state index contributed by atoms with van der Waals surface area (Å²) in [6, 6.07) is 8.67. The predicted octanol–water partition coefficient (Wildman–Crippen LogP) is 2.23. The van der Waals surface area contributed by atoms with Crippen LogP contribution in [0.25, 0.3) is 0 Å². The number of hydrogen-bond donors (Lipinski definition) is 3. The standard InChI is InChI=1S/C15H18FN3O2/c1-10(8-12-5-3-7-21-12)18-9-11-4-2-6-13(14(11)16)15(17)19-20/h2-7,10,18,20H,8-9H2,1H3,(H2,17,19). The molecule has 1 atom stereocenters. The molecule has 0 spiro atoms. The van der Waals surface area contributed by atoms with Gasteiger partial charge in [0.05, 0.1) is 11.8 Å². The third kappa shape index (κ3) is 3.82. The molecule has 0 saturated heterocycles. The van der Waals surface area contributed by atoms with Crippen molar-refractivity contribution in [1.29, 1.82) is 0 Å². The summed E-state index contributed by atoms with van der Waals surface area (Å²) < 4.78 is 19.5. The summed E-state index contributed by atoms with van der Waals surface area (Å²) in [5, 5.41) is 14.7. The summed E-state index contributed by atoms with van der Waals surface area (Å²) in [7, 11) is 0. The van der Waals surface area contributed by atoms with Crippen LogP contribution in [0.4, 0.5) is 4.39 Å². The number of nitrogens with one attached hydrogen (secondary N) is 1. The molecule has 2 rings (SSSR count). The van der Waals surface area contributed by atoms with Crippen molar-refractivity contribution in [3.63, 3.8) is 0 Å². The van der Waals surface area contributed by atoms with Crippen molar-refractivity contribution >= 4 is 5.84 Å². The highest BCUT2D eigenvalue weighted by molar-refractivity contribution is 5.97. The third-order valence-corrected chi connectivity index (χ3v) is 3.19. The largest absolute Gasteiger partial charge is 0.469 e. The first kappa shape index (κ1) is 15.1. The molecule has 1 heterocycles. The van der Waals surface area contributed by atoms with Crippen LogP contribution in [0.2, 0.25) is 0 Å². The second kappa shape index (κ2) is 6.90. The van der Waals surface area contributed by atoms with Gasteiger partial charge in [-0.3, -0.25) is 0 Å². The van der Waals surface area contributed by atoms with Crippen molar-refractivity contribution in [2.45, 2.75) is 25.9 Å². The minimum absolute atomic E-state index is 0.0930. The number of oxime groups is 1. The van der Waals surface area contributed by atoms with Crippen molar-refractivity contribution < 1.29 is 14.0 Å². The van der Waals surface area contributed by atoms with E-state index in [2.05, 4.69) is 10.5 Å². The highest BCUT2D eigenvalue weighted by Crippen LogP contribution is 2.13. The van der Waals surface area contributed by atoms with E-state index in [1.807, 2.05) is 19.1 Å². The second-order valence-electron chi connectivity index (χ2n) is 4.83. The molecule has 0 radical (unpaired) electrons. The fourth-order valence-corrected chi connectivity index (χ4v) is 2.05. The van der Waals surface area contributed by atoms with Crippen LogP contribution in [-0.4, -0.2) is 17.1 Å². The van der Waals surface area contributed by atoms with E-state index in [-0.39, 0.29) is 17.4 Å². The third-order valence-electron chi connectivity index (χ3n) is 3.19. The van der Waals surface area contributed by atoms with E-state index in [4.69, 9.17) is 15.4 Å². The molecular weight excluding hydrogens is 273 g/mol. The molecule has 112 valence electrons. The summed E-state index contributed by atoms with van der Waals surface area (Å²) in [4.78, 5) is 0. The zero-order valence-corrected chi connectivity index (χ0v) is 11.7. The van der Waals surface area contributed by atoms with Gasteiger partial charge in [-0.2, -0.15) is 0 Å². The first-order valence-electron chi connectivity index (χ1n) is 6.63. The molecule has 1 aromatic heterocycles. The zero-order chi connectivity index (χ0) is 15.2. The number of nitrogens with two attached hydrogens (primary N) is 1. The molecule has 1 unspecified atom stereocenters. The molecule has 0 bridgehead atoms. The van der Waals surface area contributed by atoms with Gasteiger partial charge in [-0.1, -0.05) is 17.3 Å². The fourth-order valence-electron chi connectivity index (χ4n) is 2.05. The van der Waals surface area contributed by atoms with Crippen LogP contribution < -0.4 is 11.1 Å². The maximum absolute atomic E-state index is 14.2. The van der Waals surface area contributed by atoms with Gasteiger partial charge < -0.3 is 20.7 Å². The number of halogens is 1. The van der Waals surface area contributed by atoms with Crippen molar-refractivity contribution in [3.8, 4) is 0 Å². The van der Waals surface area contributed by atoms with Gasteiger partial charge in [0.2, 0.25) is 0 Å². The van der Waals surface area contributed by atoms with Crippen LogP contribution >= 0.6 is 0 Å². The molecule has 0 aliphatic heterocycles. The maximum atomic E-state index is 14.2. The smallest absolute Gasteiger partial charge is 0.173 e. The molecule has 0 aliphatic carbocycles. The summed E-state index contributed by atoms with van der Waals surface area (Å²) in [6.07, 6.45) is 2.34. The average Bonchev–Trinajstić information content (AvgIpc) is 2.98. The molecule has 1 aromatic carbocycles. The Labute approximate surface area is 122 Å². The molecule has 6 heteroatoms. The Kier molecular flexibility index (Phi) is 4.94. The molecule has 2 aromatic rings. The highest BCUT2D eigenvalue weighted by atomic mass is 19.1. The second-order valence-corrected chi connectivity index (χ2v) is 4.83. The average molecular weight is 291 g/mol. The lowest BCUT2D eigenvalue weighted by Crippen LogP contribution is -2.28.